The largest absolute Gasteiger partial charge is 0.360 e. The predicted octanol–water partition coefficient (Wildman–Crippen LogP) is 0.444. The van der Waals surface area contributed by atoms with Gasteiger partial charge in [-0.05, 0) is 18.1 Å². The average molecular weight is 410 g/mol. The van der Waals surface area contributed by atoms with Gasteiger partial charge in [-0.2, -0.15) is 0 Å². The van der Waals surface area contributed by atoms with Crippen molar-refractivity contribution in [3.8, 4) is 0 Å². The summed E-state index contributed by atoms with van der Waals surface area (Å²) in [4.78, 5) is 48.1. The summed E-state index contributed by atoms with van der Waals surface area (Å²) >= 11 is 0. The average Bonchev–Trinajstić information content (AvgIpc) is 3.28. The second kappa shape index (κ2) is 7.19. The van der Waals surface area contributed by atoms with Crippen molar-refractivity contribution in [1.29, 1.82) is 0 Å². The van der Waals surface area contributed by atoms with Gasteiger partial charge in [-0.1, -0.05) is 18.2 Å². The topological polar surface area (TPSA) is 83.1 Å². The first-order valence-corrected chi connectivity index (χ1v) is 10.6. The first-order valence-electron chi connectivity index (χ1n) is 10.6. The summed E-state index contributed by atoms with van der Waals surface area (Å²) in [6.45, 7) is 4.78. The van der Waals surface area contributed by atoms with Crippen molar-refractivity contribution >= 4 is 17.7 Å². The molecule has 0 aromatic carbocycles. The highest BCUT2D eigenvalue weighted by Gasteiger charge is 2.67. The van der Waals surface area contributed by atoms with Crippen LogP contribution in [0.5, 0.6) is 0 Å². The number of likely N-dealkylation sites (tertiary alicyclic amines) is 1. The molecule has 8 nitrogen and oxygen atoms in total. The second-order valence-electron chi connectivity index (χ2n) is 8.64. The lowest BCUT2D eigenvalue weighted by Crippen LogP contribution is -2.47. The molecular formula is C22H26N4O4. The standard InChI is InChI=1S/C22H26N4O4/c1-15(27)24-8-3-9-25(11-10-24)20(28)18-17-5-6-22(30-17)14-26(21(29)19(18)22)13-16-4-2-7-23-12-16/h2,4-7,12,17-19H,3,8-11,13-14H2,1H3/t17-,18?,19?,22-/m0/s1. The fourth-order valence-corrected chi connectivity index (χ4v) is 5.37. The summed E-state index contributed by atoms with van der Waals surface area (Å²) in [6, 6.07) is 3.80. The van der Waals surface area contributed by atoms with Crippen LogP contribution in [0.4, 0.5) is 0 Å². The Labute approximate surface area is 175 Å². The van der Waals surface area contributed by atoms with Crippen LogP contribution in [0.3, 0.4) is 0 Å². The van der Waals surface area contributed by atoms with Crippen LogP contribution in [0.15, 0.2) is 36.7 Å². The molecule has 5 heterocycles. The van der Waals surface area contributed by atoms with Crippen LogP contribution < -0.4 is 0 Å². The fraction of sp³-hybridized carbons (Fsp3) is 0.545. The first-order chi connectivity index (χ1) is 14.5. The highest BCUT2D eigenvalue weighted by molar-refractivity contribution is 5.93. The predicted molar refractivity (Wildman–Crippen MR) is 107 cm³/mol. The van der Waals surface area contributed by atoms with E-state index in [0.29, 0.717) is 39.3 Å². The zero-order valence-electron chi connectivity index (χ0n) is 17.1. The molecule has 0 saturated carbocycles. The number of carbonyl (C=O) groups is 3. The molecule has 2 bridgehead atoms. The Hall–Kier alpha value is -2.74. The maximum absolute atomic E-state index is 13.5. The molecule has 0 radical (unpaired) electrons. The number of fused-ring (bicyclic) bond motifs is 1. The van der Waals surface area contributed by atoms with Crippen LogP contribution in [-0.2, 0) is 25.7 Å². The molecule has 4 aliphatic rings. The molecule has 30 heavy (non-hydrogen) atoms. The smallest absolute Gasteiger partial charge is 0.230 e. The van der Waals surface area contributed by atoms with E-state index in [4.69, 9.17) is 4.74 Å². The van der Waals surface area contributed by atoms with Crippen LogP contribution in [0.2, 0.25) is 0 Å². The molecule has 5 rings (SSSR count). The van der Waals surface area contributed by atoms with Crippen LogP contribution in [0.25, 0.3) is 0 Å². The molecule has 0 N–H and O–H groups in total. The number of ether oxygens (including phenoxy) is 1. The third kappa shape index (κ3) is 3.01. The SMILES string of the molecule is CC(=O)N1CCCN(C(=O)C2C3C(=O)N(Cc4cccnc4)C[C@@]34C=C[C@@H]2O4)CC1. The Kier molecular flexibility index (Phi) is 4.61. The van der Waals surface area contributed by atoms with Crippen molar-refractivity contribution in [3.63, 3.8) is 0 Å². The van der Waals surface area contributed by atoms with Gasteiger partial charge in [0.25, 0.3) is 0 Å². The molecule has 0 aliphatic carbocycles. The number of hydrogen-bond acceptors (Lipinski definition) is 5. The van der Waals surface area contributed by atoms with Crippen LogP contribution >= 0.6 is 0 Å². The van der Waals surface area contributed by atoms with E-state index < -0.39 is 17.4 Å². The van der Waals surface area contributed by atoms with Crippen molar-refractivity contribution in [2.24, 2.45) is 11.8 Å². The summed E-state index contributed by atoms with van der Waals surface area (Å²) < 4.78 is 6.24. The van der Waals surface area contributed by atoms with Crippen molar-refractivity contribution < 1.29 is 19.1 Å². The van der Waals surface area contributed by atoms with Crippen LogP contribution in [0, 0.1) is 11.8 Å². The molecule has 1 spiro atoms. The molecule has 1 aromatic rings. The van der Waals surface area contributed by atoms with Gasteiger partial charge in [0.15, 0.2) is 0 Å². The number of rotatable bonds is 3. The van der Waals surface area contributed by atoms with Gasteiger partial charge in [-0.15, -0.1) is 0 Å². The molecule has 3 saturated heterocycles. The summed E-state index contributed by atoms with van der Waals surface area (Å²) in [5.41, 5.74) is 0.252. The molecule has 4 atom stereocenters. The summed E-state index contributed by atoms with van der Waals surface area (Å²) in [7, 11) is 0. The van der Waals surface area contributed by atoms with E-state index >= 15 is 0 Å². The Morgan fingerprint density at radius 3 is 2.80 bits per heavy atom. The van der Waals surface area contributed by atoms with Crippen LogP contribution in [-0.4, -0.2) is 81.8 Å². The van der Waals surface area contributed by atoms with Crippen LogP contribution in [0.1, 0.15) is 18.9 Å². The second-order valence-corrected chi connectivity index (χ2v) is 8.64. The molecule has 4 aliphatic heterocycles. The van der Waals surface area contributed by atoms with Gasteiger partial charge in [0.1, 0.15) is 5.60 Å². The van der Waals surface area contributed by atoms with Crippen molar-refractivity contribution in [1.82, 2.24) is 19.7 Å². The molecule has 2 unspecified atom stereocenters. The zero-order valence-corrected chi connectivity index (χ0v) is 17.1. The number of hydrogen-bond donors (Lipinski definition) is 0. The van der Waals surface area contributed by atoms with Gasteiger partial charge in [-0.3, -0.25) is 19.4 Å². The minimum absolute atomic E-state index is 0.0239. The number of nitrogens with zero attached hydrogens (tertiary/aromatic N) is 4. The summed E-state index contributed by atoms with van der Waals surface area (Å²) in [5.74, 6) is -0.997. The van der Waals surface area contributed by atoms with E-state index in [1.54, 1.807) is 29.1 Å². The van der Waals surface area contributed by atoms with E-state index in [9.17, 15) is 14.4 Å². The molecule has 3 amide bonds. The molecule has 1 aromatic heterocycles. The van der Waals surface area contributed by atoms with E-state index in [0.717, 1.165) is 12.0 Å². The minimum Gasteiger partial charge on any atom is -0.360 e. The third-order valence-electron chi connectivity index (χ3n) is 6.81. The quantitative estimate of drug-likeness (QED) is 0.676. The normalized spacial score (nSPS) is 32.5. The first kappa shape index (κ1) is 19.2. The number of pyridine rings is 1. The minimum atomic E-state index is -0.707. The monoisotopic (exact) mass is 410 g/mol. The molecular weight excluding hydrogens is 384 g/mol. The Morgan fingerprint density at radius 1 is 1.23 bits per heavy atom. The van der Waals surface area contributed by atoms with E-state index in [1.165, 1.54) is 0 Å². The fourth-order valence-electron chi connectivity index (χ4n) is 5.37. The summed E-state index contributed by atoms with van der Waals surface area (Å²) in [5, 5.41) is 0. The van der Waals surface area contributed by atoms with Gasteiger partial charge in [0.05, 0.1) is 24.5 Å². The Morgan fingerprint density at radius 2 is 2.03 bits per heavy atom. The molecule has 3 fully saturated rings. The van der Waals surface area contributed by atoms with Gasteiger partial charge in [0, 0.05) is 52.0 Å². The Bertz CT molecular complexity index is 904. The van der Waals surface area contributed by atoms with E-state index in [2.05, 4.69) is 4.98 Å². The number of amides is 3. The highest BCUT2D eigenvalue weighted by Crippen LogP contribution is 2.52. The molecule has 8 heteroatoms. The lowest BCUT2D eigenvalue weighted by atomic mass is 9.76. The lowest BCUT2D eigenvalue weighted by molar-refractivity contribution is -0.143. The highest BCUT2D eigenvalue weighted by atomic mass is 16.5. The van der Waals surface area contributed by atoms with Crippen molar-refractivity contribution in [2.75, 3.05) is 32.7 Å². The molecule has 158 valence electrons. The van der Waals surface area contributed by atoms with E-state index in [-0.39, 0.29) is 23.8 Å². The van der Waals surface area contributed by atoms with Crippen molar-refractivity contribution in [2.45, 2.75) is 31.6 Å². The number of carbonyl (C=O) groups excluding carboxylic acids is 3. The van der Waals surface area contributed by atoms with Gasteiger partial charge in [0.2, 0.25) is 17.7 Å². The van der Waals surface area contributed by atoms with Gasteiger partial charge >= 0.3 is 0 Å². The summed E-state index contributed by atoms with van der Waals surface area (Å²) in [6.07, 6.45) is 7.79. The number of aromatic nitrogens is 1. The lowest BCUT2D eigenvalue weighted by Gasteiger charge is -2.29. The maximum Gasteiger partial charge on any atom is 0.230 e. The maximum atomic E-state index is 13.5. The van der Waals surface area contributed by atoms with E-state index in [1.807, 2.05) is 29.2 Å². The zero-order chi connectivity index (χ0) is 20.9. The van der Waals surface area contributed by atoms with Gasteiger partial charge in [-0.25, -0.2) is 0 Å². The Balaban J connectivity index is 1.34. The van der Waals surface area contributed by atoms with Gasteiger partial charge < -0.3 is 19.4 Å². The van der Waals surface area contributed by atoms with Crippen molar-refractivity contribution in [3.05, 3.63) is 42.2 Å². The third-order valence-corrected chi connectivity index (χ3v) is 6.81.